The fraction of sp³-hybridized carbons (Fsp3) is 0.444. The first-order chi connectivity index (χ1) is 11.1. The second kappa shape index (κ2) is 6.86. The summed E-state index contributed by atoms with van der Waals surface area (Å²) >= 11 is 0. The smallest absolute Gasteiger partial charge is 0.222 e. The molecule has 3 rings (SSSR count). The van der Waals surface area contributed by atoms with Crippen molar-refractivity contribution in [1.82, 2.24) is 15.2 Å². The molecule has 2 heterocycles. The van der Waals surface area contributed by atoms with E-state index in [-0.39, 0.29) is 17.9 Å². The number of carbonyl (C=O) groups is 2. The first kappa shape index (κ1) is 15.6. The summed E-state index contributed by atoms with van der Waals surface area (Å²) in [5.74, 6) is 0.167. The molecule has 1 saturated heterocycles. The predicted octanol–water partition coefficient (Wildman–Crippen LogP) is 2.75. The molecule has 0 radical (unpaired) electrons. The number of amides is 2. The second-order valence-electron chi connectivity index (χ2n) is 6.20. The quantitative estimate of drug-likeness (QED) is 0.891. The van der Waals surface area contributed by atoms with Crippen molar-refractivity contribution in [3.05, 3.63) is 36.0 Å². The van der Waals surface area contributed by atoms with Gasteiger partial charge in [-0.3, -0.25) is 9.59 Å². The van der Waals surface area contributed by atoms with Crippen LogP contribution in [-0.4, -0.2) is 34.8 Å². The lowest BCUT2D eigenvalue weighted by molar-refractivity contribution is -0.133. The minimum Gasteiger partial charge on any atom is -0.361 e. The van der Waals surface area contributed by atoms with Gasteiger partial charge in [0.15, 0.2) is 0 Å². The Hall–Kier alpha value is -2.30. The van der Waals surface area contributed by atoms with Crippen LogP contribution in [0.2, 0.25) is 0 Å². The Morgan fingerprint density at radius 2 is 2.22 bits per heavy atom. The minimum atomic E-state index is -0.0427. The Labute approximate surface area is 136 Å². The summed E-state index contributed by atoms with van der Waals surface area (Å²) in [6.45, 7) is 3.29. The molecule has 2 aromatic rings. The van der Waals surface area contributed by atoms with E-state index in [4.69, 9.17) is 0 Å². The molecule has 5 nitrogen and oxygen atoms in total. The summed E-state index contributed by atoms with van der Waals surface area (Å²) in [7, 11) is 0. The van der Waals surface area contributed by atoms with Crippen LogP contribution >= 0.6 is 0 Å². The molecule has 122 valence electrons. The third kappa shape index (κ3) is 3.73. The maximum absolute atomic E-state index is 12.1. The molecule has 0 aliphatic carbocycles. The number of rotatable bonds is 5. The van der Waals surface area contributed by atoms with Gasteiger partial charge in [-0.2, -0.15) is 0 Å². The van der Waals surface area contributed by atoms with Gasteiger partial charge < -0.3 is 15.2 Å². The summed E-state index contributed by atoms with van der Waals surface area (Å²) in [6.07, 6.45) is 4.91. The van der Waals surface area contributed by atoms with E-state index in [1.165, 1.54) is 0 Å². The van der Waals surface area contributed by atoms with E-state index in [1.54, 1.807) is 4.90 Å². The molecule has 1 atom stereocenters. The van der Waals surface area contributed by atoms with Gasteiger partial charge in [0.1, 0.15) is 0 Å². The summed E-state index contributed by atoms with van der Waals surface area (Å²) in [5, 5.41) is 4.16. The summed E-state index contributed by atoms with van der Waals surface area (Å²) in [6, 6.07) is 8.12. The molecule has 1 aromatic carbocycles. The SMILES string of the molecule is CC(NC(=O)CCN1CCCCC1=O)c1ccc2[nH]ccc2c1. The van der Waals surface area contributed by atoms with E-state index in [0.717, 1.165) is 35.9 Å². The number of aromatic amines is 1. The van der Waals surface area contributed by atoms with E-state index >= 15 is 0 Å². The van der Waals surface area contributed by atoms with E-state index in [1.807, 2.05) is 31.3 Å². The molecule has 1 unspecified atom stereocenters. The number of hydrogen-bond acceptors (Lipinski definition) is 2. The summed E-state index contributed by atoms with van der Waals surface area (Å²) < 4.78 is 0. The summed E-state index contributed by atoms with van der Waals surface area (Å²) in [4.78, 5) is 28.8. The summed E-state index contributed by atoms with van der Waals surface area (Å²) in [5.41, 5.74) is 2.18. The molecule has 1 aliphatic heterocycles. The third-order valence-corrected chi connectivity index (χ3v) is 4.49. The average Bonchev–Trinajstić information content (AvgIpc) is 3.01. The van der Waals surface area contributed by atoms with Gasteiger partial charge in [0, 0.05) is 37.6 Å². The predicted molar refractivity (Wildman–Crippen MR) is 89.9 cm³/mol. The van der Waals surface area contributed by atoms with Gasteiger partial charge in [0.2, 0.25) is 11.8 Å². The minimum absolute atomic E-state index is 0.00922. The van der Waals surface area contributed by atoms with Crippen LogP contribution in [0.4, 0.5) is 0 Å². The molecule has 1 aromatic heterocycles. The first-order valence-electron chi connectivity index (χ1n) is 8.27. The first-order valence-corrected chi connectivity index (χ1v) is 8.27. The monoisotopic (exact) mass is 313 g/mol. The number of nitrogens with one attached hydrogen (secondary N) is 2. The van der Waals surface area contributed by atoms with Crippen LogP contribution in [0.1, 0.15) is 44.2 Å². The highest BCUT2D eigenvalue weighted by molar-refractivity contribution is 5.81. The van der Waals surface area contributed by atoms with E-state index in [0.29, 0.717) is 19.4 Å². The molecule has 2 amide bonds. The fourth-order valence-corrected chi connectivity index (χ4v) is 3.07. The van der Waals surface area contributed by atoms with Gasteiger partial charge >= 0.3 is 0 Å². The molecule has 0 spiro atoms. The molecule has 1 fully saturated rings. The van der Waals surface area contributed by atoms with Gasteiger partial charge in [0.25, 0.3) is 0 Å². The van der Waals surface area contributed by atoms with Crippen molar-refractivity contribution < 1.29 is 9.59 Å². The van der Waals surface area contributed by atoms with Crippen molar-refractivity contribution in [2.45, 2.75) is 38.6 Å². The number of aromatic nitrogens is 1. The van der Waals surface area contributed by atoms with Crippen molar-refractivity contribution in [3.63, 3.8) is 0 Å². The Kier molecular flexibility index (Phi) is 4.65. The molecular formula is C18H23N3O2. The largest absolute Gasteiger partial charge is 0.361 e. The van der Waals surface area contributed by atoms with Crippen LogP contribution in [0.15, 0.2) is 30.5 Å². The number of hydrogen-bond donors (Lipinski definition) is 2. The van der Waals surface area contributed by atoms with Crippen molar-refractivity contribution >= 4 is 22.7 Å². The Balaban J connectivity index is 1.53. The van der Waals surface area contributed by atoms with Gasteiger partial charge in [-0.25, -0.2) is 0 Å². The lowest BCUT2D eigenvalue weighted by atomic mass is 10.1. The van der Waals surface area contributed by atoms with Crippen molar-refractivity contribution in [2.24, 2.45) is 0 Å². The number of nitrogens with zero attached hydrogens (tertiary/aromatic N) is 1. The van der Waals surface area contributed by atoms with Crippen LogP contribution in [0.25, 0.3) is 10.9 Å². The number of fused-ring (bicyclic) bond motifs is 1. The van der Waals surface area contributed by atoms with Crippen LogP contribution in [-0.2, 0) is 9.59 Å². The highest BCUT2D eigenvalue weighted by Crippen LogP contribution is 2.19. The highest BCUT2D eigenvalue weighted by atomic mass is 16.2. The van der Waals surface area contributed by atoms with Crippen molar-refractivity contribution in [2.75, 3.05) is 13.1 Å². The molecule has 1 aliphatic rings. The number of piperidine rings is 1. The number of likely N-dealkylation sites (tertiary alicyclic amines) is 1. The van der Waals surface area contributed by atoms with E-state index in [9.17, 15) is 9.59 Å². The van der Waals surface area contributed by atoms with Crippen molar-refractivity contribution in [3.8, 4) is 0 Å². The van der Waals surface area contributed by atoms with Crippen molar-refractivity contribution in [1.29, 1.82) is 0 Å². The zero-order valence-corrected chi connectivity index (χ0v) is 13.5. The van der Waals surface area contributed by atoms with Crippen LogP contribution < -0.4 is 5.32 Å². The lowest BCUT2D eigenvalue weighted by Gasteiger charge is -2.26. The Morgan fingerprint density at radius 3 is 3.04 bits per heavy atom. The number of carbonyl (C=O) groups excluding carboxylic acids is 2. The van der Waals surface area contributed by atoms with Crippen LogP contribution in [0.5, 0.6) is 0 Å². The van der Waals surface area contributed by atoms with E-state index < -0.39 is 0 Å². The zero-order chi connectivity index (χ0) is 16.2. The normalized spacial score (nSPS) is 16.6. The maximum Gasteiger partial charge on any atom is 0.222 e. The second-order valence-corrected chi connectivity index (χ2v) is 6.20. The van der Waals surface area contributed by atoms with E-state index in [2.05, 4.69) is 16.4 Å². The van der Waals surface area contributed by atoms with Gasteiger partial charge in [-0.15, -0.1) is 0 Å². The van der Waals surface area contributed by atoms with Gasteiger partial charge in [-0.1, -0.05) is 6.07 Å². The Bertz CT molecular complexity index is 707. The topological polar surface area (TPSA) is 65.2 Å². The molecule has 0 saturated carbocycles. The number of benzene rings is 1. The van der Waals surface area contributed by atoms with Gasteiger partial charge in [-0.05, 0) is 48.9 Å². The molecule has 5 heteroatoms. The molecule has 0 bridgehead atoms. The van der Waals surface area contributed by atoms with Crippen LogP contribution in [0, 0.1) is 0 Å². The maximum atomic E-state index is 12.1. The number of H-pyrrole nitrogens is 1. The third-order valence-electron chi connectivity index (χ3n) is 4.49. The molecule has 2 N–H and O–H groups in total. The Morgan fingerprint density at radius 1 is 1.35 bits per heavy atom. The average molecular weight is 313 g/mol. The standard InChI is InChI=1S/C18H23N3O2/c1-13(14-5-6-16-15(12-14)7-9-19-16)20-17(22)8-11-21-10-3-2-4-18(21)23/h5-7,9,12-13,19H,2-4,8,10-11H2,1H3,(H,20,22). The van der Waals surface area contributed by atoms with Gasteiger partial charge in [0.05, 0.1) is 6.04 Å². The molecule has 23 heavy (non-hydrogen) atoms. The molecular weight excluding hydrogens is 290 g/mol. The lowest BCUT2D eigenvalue weighted by Crippen LogP contribution is -2.38. The van der Waals surface area contributed by atoms with Crippen LogP contribution in [0.3, 0.4) is 0 Å². The highest BCUT2D eigenvalue weighted by Gasteiger charge is 2.19. The fourth-order valence-electron chi connectivity index (χ4n) is 3.07. The zero-order valence-electron chi connectivity index (χ0n) is 13.5.